The largest absolute Gasteiger partial charge is 0.479 e. The molecule has 1 saturated heterocycles. The van der Waals surface area contributed by atoms with E-state index in [4.69, 9.17) is 9.84 Å². The van der Waals surface area contributed by atoms with E-state index in [0.29, 0.717) is 25.3 Å². The minimum absolute atomic E-state index is 0.0387. The number of nitrogens with zero attached hydrogens (tertiary/aromatic N) is 1. The van der Waals surface area contributed by atoms with Crippen molar-refractivity contribution in [1.29, 1.82) is 0 Å². The second kappa shape index (κ2) is 5.04. The van der Waals surface area contributed by atoms with Gasteiger partial charge in [0.15, 0.2) is 6.10 Å². The van der Waals surface area contributed by atoms with E-state index in [0.717, 1.165) is 6.54 Å². The molecule has 0 aromatic rings. The number of carboxylic acids is 1. The first-order valence-electron chi connectivity index (χ1n) is 6.29. The molecule has 1 aliphatic heterocycles. The molecule has 5 nitrogen and oxygen atoms in total. The monoisotopic (exact) mass is 241 g/mol. The Balaban J connectivity index is 1.87. The van der Waals surface area contributed by atoms with E-state index in [9.17, 15) is 9.59 Å². The maximum absolute atomic E-state index is 12.1. The van der Waals surface area contributed by atoms with Crippen molar-refractivity contribution >= 4 is 11.9 Å². The van der Waals surface area contributed by atoms with E-state index in [1.807, 2.05) is 6.92 Å². The summed E-state index contributed by atoms with van der Waals surface area (Å²) in [5.41, 5.74) is 0. The van der Waals surface area contributed by atoms with Gasteiger partial charge in [0.1, 0.15) is 6.10 Å². The molecule has 96 valence electrons. The summed E-state index contributed by atoms with van der Waals surface area (Å²) in [6.45, 7) is 3.42. The molecule has 1 N–H and O–H groups in total. The number of carbonyl (C=O) groups excluding carboxylic acids is 1. The van der Waals surface area contributed by atoms with E-state index >= 15 is 0 Å². The number of carbonyl (C=O) groups is 2. The second-order valence-corrected chi connectivity index (χ2v) is 4.85. The summed E-state index contributed by atoms with van der Waals surface area (Å²) in [5, 5.41) is 8.81. The number of amides is 1. The average Bonchev–Trinajstić information content (AvgIpc) is 2.97. The molecule has 5 heteroatoms. The minimum atomic E-state index is -0.967. The van der Waals surface area contributed by atoms with Gasteiger partial charge in [-0.2, -0.15) is 0 Å². The van der Waals surface area contributed by atoms with E-state index in [1.54, 1.807) is 4.90 Å². The predicted molar refractivity (Wildman–Crippen MR) is 60.5 cm³/mol. The molecule has 0 radical (unpaired) electrons. The zero-order chi connectivity index (χ0) is 12.4. The van der Waals surface area contributed by atoms with Crippen LogP contribution in [-0.4, -0.2) is 47.2 Å². The Labute approximate surface area is 101 Å². The van der Waals surface area contributed by atoms with Crippen LogP contribution >= 0.6 is 0 Å². The second-order valence-electron chi connectivity index (χ2n) is 4.85. The lowest BCUT2D eigenvalue weighted by atomic mass is 10.1. The van der Waals surface area contributed by atoms with Crippen LogP contribution in [0.15, 0.2) is 0 Å². The highest BCUT2D eigenvalue weighted by molar-refractivity contribution is 5.82. The maximum atomic E-state index is 12.1. The Morgan fingerprint density at radius 1 is 1.24 bits per heavy atom. The Hall–Kier alpha value is -1.10. The van der Waals surface area contributed by atoms with Gasteiger partial charge in [0, 0.05) is 13.1 Å². The van der Waals surface area contributed by atoms with E-state index < -0.39 is 18.2 Å². The summed E-state index contributed by atoms with van der Waals surface area (Å²) < 4.78 is 5.28. The van der Waals surface area contributed by atoms with Crippen LogP contribution in [0.1, 0.15) is 32.6 Å². The summed E-state index contributed by atoms with van der Waals surface area (Å²) in [6, 6.07) is 0. The Morgan fingerprint density at radius 2 is 1.88 bits per heavy atom. The van der Waals surface area contributed by atoms with Crippen LogP contribution in [0.5, 0.6) is 0 Å². The summed E-state index contributed by atoms with van der Waals surface area (Å²) in [7, 11) is 0. The zero-order valence-electron chi connectivity index (χ0n) is 10.1. The molecule has 0 aromatic heterocycles. The molecule has 1 amide bonds. The Kier molecular flexibility index (Phi) is 3.66. The van der Waals surface area contributed by atoms with E-state index in [-0.39, 0.29) is 5.91 Å². The van der Waals surface area contributed by atoms with Gasteiger partial charge in [0.25, 0.3) is 5.91 Å². The van der Waals surface area contributed by atoms with Crippen LogP contribution in [0.2, 0.25) is 0 Å². The topological polar surface area (TPSA) is 66.8 Å². The molecule has 2 aliphatic rings. The summed E-state index contributed by atoms with van der Waals surface area (Å²) in [4.78, 5) is 24.7. The maximum Gasteiger partial charge on any atom is 0.332 e. The lowest BCUT2D eigenvalue weighted by Crippen LogP contribution is -2.40. The predicted octanol–water partition coefficient (Wildman–Crippen LogP) is 0.877. The smallest absolute Gasteiger partial charge is 0.332 e. The number of ether oxygens (including phenoxy) is 1. The van der Waals surface area contributed by atoms with Crippen molar-refractivity contribution in [1.82, 2.24) is 4.90 Å². The number of hydrogen-bond acceptors (Lipinski definition) is 3. The average molecular weight is 241 g/mol. The van der Waals surface area contributed by atoms with Gasteiger partial charge in [0.2, 0.25) is 0 Å². The molecular weight excluding hydrogens is 222 g/mol. The van der Waals surface area contributed by atoms with Gasteiger partial charge in [-0.3, -0.25) is 4.79 Å². The van der Waals surface area contributed by atoms with Crippen LogP contribution in [0.4, 0.5) is 0 Å². The third-order valence-corrected chi connectivity index (χ3v) is 3.44. The van der Waals surface area contributed by atoms with Gasteiger partial charge in [-0.1, -0.05) is 0 Å². The zero-order valence-corrected chi connectivity index (χ0v) is 10.1. The minimum Gasteiger partial charge on any atom is -0.479 e. The van der Waals surface area contributed by atoms with Crippen LogP contribution in [-0.2, 0) is 14.3 Å². The van der Waals surface area contributed by atoms with E-state index in [2.05, 4.69) is 0 Å². The van der Waals surface area contributed by atoms with Crippen molar-refractivity contribution in [3.8, 4) is 0 Å². The summed E-state index contributed by atoms with van der Waals surface area (Å²) in [5.74, 6) is -0.357. The third-order valence-electron chi connectivity index (χ3n) is 3.44. The molecular formula is C12H19NO4. The molecule has 0 spiro atoms. The molecule has 17 heavy (non-hydrogen) atoms. The molecule has 2 atom stereocenters. The molecule has 0 bridgehead atoms. The Bertz CT molecular complexity index is 314. The first kappa shape index (κ1) is 12.4. The normalized spacial score (nSPS) is 28.1. The van der Waals surface area contributed by atoms with Crippen LogP contribution in [0.3, 0.4) is 0 Å². The first-order valence-corrected chi connectivity index (χ1v) is 6.29. The van der Waals surface area contributed by atoms with Crippen molar-refractivity contribution in [2.75, 3.05) is 13.1 Å². The highest BCUT2D eigenvalue weighted by Gasteiger charge is 2.37. The SMILES string of the molecule is CCN(CC1CC1)C(=O)C1CCC(C(=O)O)O1. The van der Waals surface area contributed by atoms with Gasteiger partial charge in [-0.05, 0) is 38.5 Å². The lowest BCUT2D eigenvalue weighted by molar-refractivity contribution is -0.154. The number of aliphatic carboxylic acids is 1. The van der Waals surface area contributed by atoms with E-state index in [1.165, 1.54) is 12.8 Å². The lowest BCUT2D eigenvalue weighted by Gasteiger charge is -2.23. The molecule has 2 rings (SSSR count). The summed E-state index contributed by atoms with van der Waals surface area (Å²) >= 11 is 0. The number of rotatable bonds is 5. The van der Waals surface area contributed by atoms with Gasteiger partial charge in [0.05, 0.1) is 0 Å². The number of hydrogen-bond donors (Lipinski definition) is 1. The first-order chi connectivity index (χ1) is 8.11. The molecule has 2 unspecified atom stereocenters. The molecule has 1 aliphatic carbocycles. The highest BCUT2D eigenvalue weighted by atomic mass is 16.5. The Morgan fingerprint density at radius 3 is 2.35 bits per heavy atom. The van der Waals surface area contributed by atoms with Crippen molar-refractivity contribution in [3.05, 3.63) is 0 Å². The summed E-state index contributed by atoms with van der Waals surface area (Å²) in [6.07, 6.45) is 2.02. The molecule has 1 saturated carbocycles. The fourth-order valence-electron chi connectivity index (χ4n) is 2.19. The highest BCUT2D eigenvalue weighted by Crippen LogP contribution is 2.30. The third kappa shape index (κ3) is 2.97. The standard InChI is InChI=1S/C12H19NO4/c1-2-13(7-8-3-4-8)11(14)9-5-6-10(17-9)12(15)16/h8-10H,2-7H2,1H3,(H,15,16). The van der Waals surface area contributed by atoms with Gasteiger partial charge in [-0.25, -0.2) is 4.79 Å². The van der Waals surface area contributed by atoms with Crippen molar-refractivity contribution in [2.45, 2.75) is 44.8 Å². The molecule has 0 aromatic carbocycles. The van der Waals surface area contributed by atoms with Gasteiger partial charge in [-0.15, -0.1) is 0 Å². The number of likely N-dealkylation sites (N-methyl/N-ethyl adjacent to an activating group) is 1. The fraction of sp³-hybridized carbons (Fsp3) is 0.833. The fourth-order valence-corrected chi connectivity index (χ4v) is 2.19. The number of carboxylic acid groups (broad SMARTS) is 1. The van der Waals surface area contributed by atoms with Gasteiger partial charge < -0.3 is 14.7 Å². The quantitative estimate of drug-likeness (QED) is 0.775. The van der Waals surface area contributed by atoms with Crippen LogP contribution in [0.25, 0.3) is 0 Å². The van der Waals surface area contributed by atoms with Gasteiger partial charge >= 0.3 is 5.97 Å². The molecule has 2 fully saturated rings. The van der Waals surface area contributed by atoms with Crippen molar-refractivity contribution in [3.63, 3.8) is 0 Å². The van der Waals surface area contributed by atoms with Crippen LogP contribution in [0, 0.1) is 5.92 Å². The molecule has 1 heterocycles. The van der Waals surface area contributed by atoms with Crippen molar-refractivity contribution < 1.29 is 19.4 Å². The van der Waals surface area contributed by atoms with Crippen LogP contribution < -0.4 is 0 Å². The van der Waals surface area contributed by atoms with Crippen molar-refractivity contribution in [2.24, 2.45) is 5.92 Å².